The van der Waals surface area contributed by atoms with Crippen molar-refractivity contribution in [2.75, 3.05) is 40.5 Å². The van der Waals surface area contributed by atoms with Gasteiger partial charge in [0.25, 0.3) is 0 Å². The summed E-state index contributed by atoms with van der Waals surface area (Å²) in [5.74, 6) is -0.145. The number of carbonyl (C=O) groups is 1. The van der Waals surface area contributed by atoms with Crippen LogP contribution in [0.3, 0.4) is 0 Å². The van der Waals surface area contributed by atoms with Crippen LogP contribution in [0.2, 0.25) is 0 Å². The van der Waals surface area contributed by atoms with Crippen LogP contribution in [-0.4, -0.2) is 62.0 Å². The molecule has 0 unspecified atom stereocenters. The van der Waals surface area contributed by atoms with Crippen molar-refractivity contribution in [3.05, 3.63) is 0 Å². The molecule has 0 aliphatic rings. The van der Waals surface area contributed by atoms with E-state index in [2.05, 4.69) is 0 Å². The summed E-state index contributed by atoms with van der Waals surface area (Å²) < 4.78 is 9.85. The molecule has 90 valence electrons. The van der Waals surface area contributed by atoms with E-state index in [1.54, 1.807) is 28.0 Å². The molecule has 0 aliphatic heterocycles. The maximum absolute atomic E-state index is 11.4. The van der Waals surface area contributed by atoms with Gasteiger partial charge in [-0.2, -0.15) is 0 Å². The van der Waals surface area contributed by atoms with E-state index in [1.807, 2.05) is 0 Å². The minimum Gasteiger partial charge on any atom is -0.389 e. The molecule has 0 aromatic rings. The monoisotopic (exact) mass is 219 g/mol. The van der Waals surface area contributed by atoms with E-state index in [0.29, 0.717) is 19.8 Å². The number of hydrogen-bond donors (Lipinski definition) is 1. The zero-order chi connectivity index (χ0) is 11.9. The molecule has 0 atom stereocenters. The minimum atomic E-state index is -0.878. The largest absolute Gasteiger partial charge is 0.389 e. The average Bonchev–Trinajstić information content (AvgIpc) is 2.09. The Hall–Kier alpha value is -0.650. The topological polar surface area (TPSA) is 59.0 Å². The summed E-state index contributed by atoms with van der Waals surface area (Å²) in [6, 6.07) is 0. The highest BCUT2D eigenvalue weighted by molar-refractivity contribution is 5.77. The SMILES string of the molecule is COCCOCC(=O)N(C)CC(C)(C)O. The molecule has 0 bridgehead atoms. The predicted octanol–water partition coefficient (Wildman–Crippen LogP) is -0.121. The Morgan fingerprint density at radius 3 is 2.47 bits per heavy atom. The van der Waals surface area contributed by atoms with E-state index in [0.717, 1.165) is 0 Å². The van der Waals surface area contributed by atoms with Crippen LogP contribution in [0.15, 0.2) is 0 Å². The predicted molar refractivity (Wildman–Crippen MR) is 56.6 cm³/mol. The maximum Gasteiger partial charge on any atom is 0.248 e. The van der Waals surface area contributed by atoms with Crippen molar-refractivity contribution in [3.8, 4) is 0 Å². The van der Waals surface area contributed by atoms with Crippen LogP contribution in [0.25, 0.3) is 0 Å². The lowest BCUT2D eigenvalue weighted by atomic mass is 10.1. The van der Waals surface area contributed by atoms with Crippen molar-refractivity contribution in [1.82, 2.24) is 4.90 Å². The maximum atomic E-state index is 11.4. The highest BCUT2D eigenvalue weighted by atomic mass is 16.5. The normalized spacial score (nSPS) is 11.5. The van der Waals surface area contributed by atoms with Crippen molar-refractivity contribution in [2.45, 2.75) is 19.4 Å². The number of likely N-dealkylation sites (N-methyl/N-ethyl adjacent to an activating group) is 1. The van der Waals surface area contributed by atoms with Crippen LogP contribution in [0.5, 0.6) is 0 Å². The van der Waals surface area contributed by atoms with Gasteiger partial charge < -0.3 is 19.5 Å². The molecule has 0 rings (SSSR count). The molecular formula is C10H21NO4. The Morgan fingerprint density at radius 2 is 2.00 bits per heavy atom. The first kappa shape index (κ1) is 14.3. The molecule has 5 nitrogen and oxygen atoms in total. The van der Waals surface area contributed by atoms with E-state index in [4.69, 9.17) is 9.47 Å². The van der Waals surface area contributed by atoms with Gasteiger partial charge in [0, 0.05) is 20.7 Å². The second-order valence-corrected chi connectivity index (χ2v) is 4.11. The Balaban J connectivity index is 3.70. The van der Waals surface area contributed by atoms with E-state index in [-0.39, 0.29) is 12.5 Å². The summed E-state index contributed by atoms with van der Waals surface area (Å²) in [5, 5.41) is 9.49. The first-order valence-corrected chi connectivity index (χ1v) is 4.90. The van der Waals surface area contributed by atoms with Gasteiger partial charge in [0.1, 0.15) is 6.61 Å². The van der Waals surface area contributed by atoms with Crippen molar-refractivity contribution in [2.24, 2.45) is 0 Å². The fourth-order valence-electron chi connectivity index (χ4n) is 1.08. The van der Waals surface area contributed by atoms with Gasteiger partial charge in [0.2, 0.25) is 5.91 Å². The zero-order valence-corrected chi connectivity index (χ0v) is 9.95. The summed E-state index contributed by atoms with van der Waals surface area (Å²) in [7, 11) is 3.21. The van der Waals surface area contributed by atoms with Crippen LogP contribution in [-0.2, 0) is 14.3 Å². The molecule has 5 heteroatoms. The van der Waals surface area contributed by atoms with Gasteiger partial charge in [-0.15, -0.1) is 0 Å². The van der Waals surface area contributed by atoms with E-state index < -0.39 is 5.60 Å². The smallest absolute Gasteiger partial charge is 0.248 e. The number of amides is 1. The Morgan fingerprint density at radius 1 is 1.40 bits per heavy atom. The van der Waals surface area contributed by atoms with Crippen molar-refractivity contribution in [3.63, 3.8) is 0 Å². The van der Waals surface area contributed by atoms with Gasteiger partial charge in [-0.05, 0) is 13.8 Å². The molecule has 0 spiro atoms. The molecule has 0 saturated carbocycles. The number of hydrogen-bond acceptors (Lipinski definition) is 4. The average molecular weight is 219 g/mol. The highest BCUT2D eigenvalue weighted by Gasteiger charge is 2.18. The fourth-order valence-corrected chi connectivity index (χ4v) is 1.08. The van der Waals surface area contributed by atoms with Gasteiger partial charge in [-0.25, -0.2) is 0 Å². The number of rotatable bonds is 7. The first-order valence-electron chi connectivity index (χ1n) is 4.90. The summed E-state index contributed by atoms with van der Waals surface area (Å²) in [6.07, 6.45) is 0. The lowest BCUT2D eigenvalue weighted by Gasteiger charge is -2.25. The highest BCUT2D eigenvalue weighted by Crippen LogP contribution is 2.03. The number of aliphatic hydroxyl groups is 1. The lowest BCUT2D eigenvalue weighted by Crippen LogP contribution is -2.41. The Labute approximate surface area is 91.0 Å². The van der Waals surface area contributed by atoms with Crippen molar-refractivity contribution < 1.29 is 19.4 Å². The number of methoxy groups -OCH3 is 1. The number of ether oxygens (including phenoxy) is 2. The summed E-state index contributed by atoms with van der Waals surface area (Å²) in [6.45, 7) is 4.50. The van der Waals surface area contributed by atoms with Crippen molar-refractivity contribution >= 4 is 5.91 Å². The van der Waals surface area contributed by atoms with E-state index >= 15 is 0 Å². The van der Waals surface area contributed by atoms with E-state index in [1.165, 1.54) is 4.90 Å². The van der Waals surface area contributed by atoms with Crippen LogP contribution < -0.4 is 0 Å². The molecule has 0 fully saturated rings. The van der Waals surface area contributed by atoms with Crippen LogP contribution >= 0.6 is 0 Å². The van der Waals surface area contributed by atoms with Crippen molar-refractivity contribution in [1.29, 1.82) is 0 Å². The first-order chi connectivity index (χ1) is 6.87. The van der Waals surface area contributed by atoms with Crippen LogP contribution in [0.4, 0.5) is 0 Å². The van der Waals surface area contributed by atoms with Gasteiger partial charge in [0.05, 0.1) is 18.8 Å². The summed E-state index contributed by atoms with van der Waals surface area (Å²) in [5.41, 5.74) is -0.878. The standard InChI is InChI=1S/C10H21NO4/c1-10(2,13)8-11(3)9(12)7-15-6-5-14-4/h13H,5-8H2,1-4H3. The lowest BCUT2D eigenvalue weighted by molar-refractivity contribution is -0.137. The van der Waals surface area contributed by atoms with E-state index in [9.17, 15) is 9.90 Å². The molecule has 1 N–H and O–H groups in total. The molecular weight excluding hydrogens is 198 g/mol. The molecule has 0 aromatic heterocycles. The molecule has 15 heavy (non-hydrogen) atoms. The second kappa shape index (κ2) is 6.76. The third kappa shape index (κ3) is 8.35. The van der Waals surface area contributed by atoms with Crippen LogP contribution in [0, 0.1) is 0 Å². The molecule has 0 aliphatic carbocycles. The Bertz CT molecular complexity index is 188. The molecule has 0 radical (unpaired) electrons. The summed E-state index contributed by atoms with van der Waals surface area (Å²) in [4.78, 5) is 12.9. The zero-order valence-electron chi connectivity index (χ0n) is 9.95. The Kier molecular flexibility index (Phi) is 6.47. The molecule has 1 amide bonds. The number of carbonyl (C=O) groups excluding carboxylic acids is 1. The third-order valence-corrected chi connectivity index (χ3v) is 1.71. The third-order valence-electron chi connectivity index (χ3n) is 1.71. The second-order valence-electron chi connectivity index (χ2n) is 4.11. The van der Waals surface area contributed by atoms with Gasteiger partial charge in [0.15, 0.2) is 0 Å². The van der Waals surface area contributed by atoms with Crippen LogP contribution in [0.1, 0.15) is 13.8 Å². The molecule has 0 saturated heterocycles. The fraction of sp³-hybridized carbons (Fsp3) is 0.900. The minimum absolute atomic E-state index is 0.0237. The summed E-state index contributed by atoms with van der Waals surface area (Å²) >= 11 is 0. The van der Waals surface area contributed by atoms with Gasteiger partial charge in [-0.3, -0.25) is 4.79 Å². The van der Waals surface area contributed by atoms with Gasteiger partial charge >= 0.3 is 0 Å². The quantitative estimate of drug-likeness (QED) is 0.606. The number of nitrogens with zero attached hydrogens (tertiary/aromatic N) is 1. The van der Waals surface area contributed by atoms with Gasteiger partial charge in [-0.1, -0.05) is 0 Å². The molecule has 0 heterocycles. The molecule has 0 aromatic carbocycles.